The highest BCUT2D eigenvalue weighted by molar-refractivity contribution is 6.40. The molecule has 44 heavy (non-hydrogen) atoms. The van der Waals surface area contributed by atoms with Gasteiger partial charge in [-0.1, -0.05) is 47.5 Å². The lowest BCUT2D eigenvalue weighted by atomic mass is 9.86. The van der Waals surface area contributed by atoms with Crippen LogP contribution in [0.2, 0.25) is 10.0 Å². The summed E-state index contributed by atoms with van der Waals surface area (Å²) < 4.78 is 3.38. The predicted octanol–water partition coefficient (Wildman–Crippen LogP) is 8.55. The van der Waals surface area contributed by atoms with Crippen LogP contribution in [-0.2, 0) is 0 Å². The van der Waals surface area contributed by atoms with Crippen LogP contribution in [0, 0.1) is 0 Å². The van der Waals surface area contributed by atoms with Gasteiger partial charge in [0.1, 0.15) is 11.3 Å². The Balaban J connectivity index is 1.37. The van der Waals surface area contributed by atoms with Gasteiger partial charge in [0, 0.05) is 42.4 Å². The summed E-state index contributed by atoms with van der Waals surface area (Å²) in [6.07, 6.45) is 0. The van der Waals surface area contributed by atoms with Gasteiger partial charge in [0.25, 0.3) is 11.1 Å². The third-order valence-electron chi connectivity index (χ3n) is 9.48. The smallest absolute Gasteiger partial charge is 0.264 e. The highest BCUT2D eigenvalue weighted by atomic mass is 35.5. The Bertz CT molecular complexity index is 3000. The lowest BCUT2D eigenvalue weighted by Crippen LogP contribution is -2.14. The van der Waals surface area contributed by atoms with E-state index in [9.17, 15) is 9.59 Å². The lowest BCUT2D eigenvalue weighted by Gasteiger charge is -2.18. The van der Waals surface area contributed by atoms with Crippen LogP contribution in [0.15, 0.2) is 94.5 Å². The molecule has 0 bridgehead atoms. The summed E-state index contributed by atoms with van der Waals surface area (Å²) in [6.45, 7) is 0. The number of rotatable bonds is 0. The van der Waals surface area contributed by atoms with Crippen LogP contribution in [0.4, 0.5) is 0 Å². The minimum absolute atomic E-state index is 0.110. The molecule has 4 heterocycles. The normalized spacial score (nSPS) is 13.0. The van der Waals surface area contributed by atoms with Crippen LogP contribution in [0.5, 0.6) is 0 Å². The maximum atomic E-state index is 14.0. The van der Waals surface area contributed by atoms with Crippen LogP contribution < -0.4 is 11.1 Å². The largest absolute Gasteiger partial charge is 0.268 e. The van der Waals surface area contributed by atoms with Gasteiger partial charge in [-0.25, -0.2) is 9.97 Å². The molecule has 7 aromatic carbocycles. The second kappa shape index (κ2) is 7.42. The van der Waals surface area contributed by atoms with Crippen LogP contribution in [0.3, 0.4) is 0 Å². The fraction of sp³-hybridized carbons (Fsp3) is 0. The number of benzene rings is 7. The standard InChI is InChI=1S/C36H14Cl2N4O2/c37-15-1-11-27-25(13-15)39-33-21-7-3-17-20-6-10-24-32-22(34-40-26-14-16(38)2-12-28(26)42(34)36(24)44)8-4-18(30(20)32)19-5-9-23(31(21)29(17)19)35(43)41(27)33/h1-14H. The maximum absolute atomic E-state index is 14.0. The van der Waals surface area contributed by atoms with Gasteiger partial charge in [-0.05, 0) is 93.0 Å². The number of imidazole rings is 2. The summed E-state index contributed by atoms with van der Waals surface area (Å²) in [7, 11) is 0. The van der Waals surface area contributed by atoms with Gasteiger partial charge >= 0.3 is 0 Å². The second-order valence-corrected chi connectivity index (χ2v) is 12.4. The molecule has 0 aliphatic carbocycles. The molecule has 0 fully saturated rings. The van der Waals surface area contributed by atoms with Gasteiger partial charge in [-0.15, -0.1) is 0 Å². The van der Waals surface area contributed by atoms with Crippen LogP contribution >= 0.6 is 23.2 Å². The van der Waals surface area contributed by atoms with Crippen molar-refractivity contribution in [2.75, 3.05) is 0 Å². The zero-order valence-corrected chi connectivity index (χ0v) is 24.0. The summed E-state index contributed by atoms with van der Waals surface area (Å²) in [4.78, 5) is 37.8. The molecule has 0 atom stereocenters. The van der Waals surface area contributed by atoms with Crippen molar-refractivity contribution in [2.24, 2.45) is 0 Å². The van der Waals surface area contributed by atoms with E-state index in [-0.39, 0.29) is 11.1 Å². The second-order valence-electron chi connectivity index (χ2n) is 11.6. The Kier molecular flexibility index (Phi) is 3.91. The Hall–Kier alpha value is -5.30. The highest BCUT2D eigenvalue weighted by Crippen LogP contribution is 2.45. The molecule has 11 aromatic rings. The van der Waals surface area contributed by atoms with E-state index < -0.39 is 0 Å². The van der Waals surface area contributed by atoms with Gasteiger partial charge in [-0.2, -0.15) is 0 Å². The molecule has 0 aliphatic rings. The molecule has 204 valence electrons. The van der Waals surface area contributed by atoms with Gasteiger partial charge in [-0.3, -0.25) is 18.4 Å². The van der Waals surface area contributed by atoms with Gasteiger partial charge in [0.15, 0.2) is 0 Å². The van der Waals surface area contributed by atoms with E-state index >= 15 is 0 Å². The number of halogens is 2. The Morgan fingerprint density at radius 2 is 0.773 bits per heavy atom. The average Bonchev–Trinajstić information content (AvgIpc) is 3.60. The highest BCUT2D eigenvalue weighted by Gasteiger charge is 2.24. The van der Waals surface area contributed by atoms with Gasteiger partial charge in [0.05, 0.1) is 22.1 Å². The van der Waals surface area contributed by atoms with E-state index in [0.29, 0.717) is 43.1 Å². The zero-order chi connectivity index (χ0) is 29.2. The van der Waals surface area contributed by atoms with E-state index in [1.54, 1.807) is 33.1 Å². The first-order chi connectivity index (χ1) is 21.5. The van der Waals surface area contributed by atoms with E-state index in [1.807, 2.05) is 36.4 Å². The van der Waals surface area contributed by atoms with Crippen LogP contribution in [0.25, 0.3) is 98.0 Å². The van der Waals surface area contributed by atoms with Crippen molar-refractivity contribution < 1.29 is 0 Å². The van der Waals surface area contributed by atoms with E-state index in [0.717, 1.165) is 64.9 Å². The molecule has 0 saturated heterocycles. The molecular formula is C36H14Cl2N4O2. The first-order valence-electron chi connectivity index (χ1n) is 14.1. The van der Waals surface area contributed by atoms with Crippen molar-refractivity contribution in [3.63, 3.8) is 0 Å². The minimum Gasteiger partial charge on any atom is -0.268 e. The van der Waals surface area contributed by atoms with Crippen molar-refractivity contribution in [3.8, 4) is 0 Å². The Morgan fingerprint density at radius 3 is 1.18 bits per heavy atom. The molecule has 0 spiro atoms. The van der Waals surface area contributed by atoms with E-state index in [4.69, 9.17) is 33.2 Å². The number of aromatic nitrogens is 4. The molecule has 0 aliphatic heterocycles. The zero-order valence-electron chi connectivity index (χ0n) is 22.4. The molecule has 0 saturated carbocycles. The Labute approximate surface area is 254 Å². The summed E-state index contributed by atoms with van der Waals surface area (Å²) in [5, 5.41) is 12.2. The molecule has 0 radical (unpaired) electrons. The van der Waals surface area contributed by atoms with E-state index in [2.05, 4.69) is 24.3 Å². The van der Waals surface area contributed by atoms with E-state index in [1.165, 1.54) is 0 Å². The summed E-state index contributed by atoms with van der Waals surface area (Å²) >= 11 is 12.6. The molecule has 0 unspecified atom stereocenters. The first kappa shape index (κ1) is 23.2. The van der Waals surface area contributed by atoms with Gasteiger partial charge in [0.2, 0.25) is 0 Å². The van der Waals surface area contributed by atoms with Crippen molar-refractivity contribution in [1.82, 2.24) is 18.8 Å². The number of hydrogen-bond donors (Lipinski definition) is 0. The quantitative estimate of drug-likeness (QED) is 0.128. The summed E-state index contributed by atoms with van der Waals surface area (Å²) in [5.41, 5.74) is 3.84. The molecule has 0 N–H and O–H groups in total. The molecule has 11 rings (SSSR count). The average molecular weight is 605 g/mol. The predicted molar refractivity (Wildman–Crippen MR) is 180 cm³/mol. The Morgan fingerprint density at radius 1 is 0.432 bits per heavy atom. The molecular weight excluding hydrogens is 591 g/mol. The SMILES string of the molecule is O=c1c2ccc3c4ccc5c6c(ccc(c7ccc(c2c37)c2nc3cc(Cl)ccc3n12)c46)c(=O)n1c2ccc(Cl)cc2nc51. The molecule has 4 aromatic heterocycles. The van der Waals surface area contributed by atoms with Crippen molar-refractivity contribution in [2.45, 2.75) is 0 Å². The lowest BCUT2D eigenvalue weighted by molar-refractivity contribution is 1.19. The van der Waals surface area contributed by atoms with Crippen molar-refractivity contribution >= 4 is 121 Å². The van der Waals surface area contributed by atoms with Gasteiger partial charge < -0.3 is 0 Å². The molecule has 6 nitrogen and oxygen atoms in total. The summed E-state index contributed by atoms with van der Waals surface area (Å²) in [6, 6.07) is 27.1. The third kappa shape index (κ3) is 2.50. The minimum atomic E-state index is -0.110. The molecule has 0 amide bonds. The fourth-order valence-corrected chi connectivity index (χ4v) is 8.07. The topological polar surface area (TPSA) is 68.7 Å². The summed E-state index contributed by atoms with van der Waals surface area (Å²) in [5.74, 6) is 0. The monoisotopic (exact) mass is 604 g/mol. The number of hydrogen-bond acceptors (Lipinski definition) is 4. The number of pyridine rings is 2. The van der Waals surface area contributed by atoms with Crippen LogP contribution in [-0.4, -0.2) is 18.8 Å². The first-order valence-corrected chi connectivity index (χ1v) is 14.9. The number of fused-ring (bicyclic) bond motifs is 10. The molecule has 8 heteroatoms. The third-order valence-corrected chi connectivity index (χ3v) is 9.95. The fourth-order valence-electron chi connectivity index (χ4n) is 7.74. The van der Waals surface area contributed by atoms with Crippen molar-refractivity contribution in [3.05, 3.63) is 116 Å². The maximum Gasteiger partial charge on any atom is 0.264 e. The van der Waals surface area contributed by atoms with Crippen molar-refractivity contribution in [1.29, 1.82) is 0 Å². The number of nitrogens with zero attached hydrogens (tertiary/aromatic N) is 4. The van der Waals surface area contributed by atoms with Crippen LogP contribution in [0.1, 0.15) is 0 Å².